The Kier molecular flexibility index (Phi) is 4.84. The molecule has 0 spiro atoms. The third kappa shape index (κ3) is 4.02. The van der Waals surface area contributed by atoms with E-state index in [1.54, 1.807) is 0 Å². The molecule has 1 aliphatic rings. The number of aromatic nitrogens is 1. The van der Waals surface area contributed by atoms with E-state index in [0.717, 1.165) is 19.0 Å². The average molecular weight is 283 g/mol. The Bertz CT molecular complexity index is 573. The van der Waals surface area contributed by atoms with Crippen molar-refractivity contribution < 1.29 is 0 Å². The van der Waals surface area contributed by atoms with Crippen LogP contribution >= 0.6 is 0 Å². The number of pyridine rings is 1. The lowest BCUT2D eigenvalue weighted by Gasteiger charge is -2.30. The maximum Gasteiger partial charge on any atom is 0.0346 e. The summed E-state index contributed by atoms with van der Waals surface area (Å²) in [5, 5.41) is 6.05. The molecule has 0 unspecified atom stereocenters. The van der Waals surface area contributed by atoms with Crippen molar-refractivity contribution in [3.05, 3.63) is 42.2 Å². The van der Waals surface area contributed by atoms with Gasteiger partial charge in [-0.25, -0.2) is 0 Å². The summed E-state index contributed by atoms with van der Waals surface area (Å²) >= 11 is 0. The van der Waals surface area contributed by atoms with Gasteiger partial charge in [-0.15, -0.1) is 0 Å². The first-order valence-electron chi connectivity index (χ1n) is 8.07. The van der Waals surface area contributed by atoms with Gasteiger partial charge in [0.2, 0.25) is 0 Å². The summed E-state index contributed by atoms with van der Waals surface area (Å²) in [5.41, 5.74) is 1.35. The van der Waals surface area contributed by atoms with E-state index in [1.165, 1.54) is 48.8 Å². The lowest BCUT2D eigenvalue weighted by Crippen LogP contribution is -2.37. The molecule has 3 rings (SSSR count). The summed E-state index contributed by atoms with van der Waals surface area (Å²) in [6, 6.07) is 8.69. The van der Waals surface area contributed by atoms with Gasteiger partial charge in [0.1, 0.15) is 0 Å². The number of nitrogens with zero attached hydrogens (tertiary/aromatic N) is 2. The first-order valence-corrected chi connectivity index (χ1v) is 8.07. The fraction of sp³-hybridized carbons (Fsp3) is 0.500. The lowest BCUT2D eigenvalue weighted by molar-refractivity contribution is 0.193. The highest BCUT2D eigenvalue weighted by molar-refractivity contribution is 5.81. The second-order valence-electron chi connectivity index (χ2n) is 6.26. The van der Waals surface area contributed by atoms with Crippen molar-refractivity contribution in [1.29, 1.82) is 0 Å². The molecule has 3 nitrogen and oxygen atoms in total. The minimum atomic E-state index is 0.918. The minimum absolute atomic E-state index is 0.918. The zero-order chi connectivity index (χ0) is 14.5. The van der Waals surface area contributed by atoms with Crippen LogP contribution in [-0.4, -0.2) is 36.1 Å². The molecule has 2 aromatic rings. The molecule has 0 bridgehead atoms. The summed E-state index contributed by atoms with van der Waals surface area (Å²) in [7, 11) is 0. The van der Waals surface area contributed by atoms with E-state index in [2.05, 4.69) is 46.4 Å². The Morgan fingerprint density at radius 2 is 2.05 bits per heavy atom. The van der Waals surface area contributed by atoms with Gasteiger partial charge >= 0.3 is 0 Å². The number of nitrogens with one attached hydrogen (secondary N) is 1. The molecular weight excluding hydrogens is 258 g/mol. The Morgan fingerprint density at radius 1 is 1.19 bits per heavy atom. The van der Waals surface area contributed by atoms with Crippen molar-refractivity contribution in [1.82, 2.24) is 15.2 Å². The molecule has 0 atom stereocenters. The van der Waals surface area contributed by atoms with Gasteiger partial charge in [0.05, 0.1) is 0 Å². The number of fused-ring (bicyclic) bond motifs is 1. The second kappa shape index (κ2) is 7.01. The fourth-order valence-corrected chi connectivity index (χ4v) is 3.00. The van der Waals surface area contributed by atoms with Crippen LogP contribution in [0.25, 0.3) is 10.8 Å². The summed E-state index contributed by atoms with van der Waals surface area (Å²) in [6.07, 6.45) is 6.50. The SMILES string of the molecule is CC1CCN(CCNCc2ccc3cnccc3c2)CC1. The van der Waals surface area contributed by atoms with Crippen LogP contribution < -0.4 is 5.32 Å². The monoisotopic (exact) mass is 283 g/mol. The normalized spacial score (nSPS) is 17.4. The van der Waals surface area contributed by atoms with E-state index in [9.17, 15) is 0 Å². The standard InChI is InChI=1S/C18H25N3/c1-15-5-9-21(10-6-15)11-8-20-13-16-2-3-18-14-19-7-4-17(18)12-16/h2-4,7,12,14-15,20H,5-6,8-11,13H2,1H3. The highest BCUT2D eigenvalue weighted by atomic mass is 15.1. The Balaban J connectivity index is 1.44. The Hall–Kier alpha value is -1.45. The van der Waals surface area contributed by atoms with Crippen molar-refractivity contribution in [2.75, 3.05) is 26.2 Å². The van der Waals surface area contributed by atoms with E-state index >= 15 is 0 Å². The van der Waals surface area contributed by atoms with Crippen molar-refractivity contribution in [3.63, 3.8) is 0 Å². The van der Waals surface area contributed by atoms with E-state index < -0.39 is 0 Å². The summed E-state index contributed by atoms with van der Waals surface area (Å²) in [6.45, 7) is 8.10. The van der Waals surface area contributed by atoms with Crippen LogP contribution in [0.3, 0.4) is 0 Å². The van der Waals surface area contributed by atoms with E-state index in [-0.39, 0.29) is 0 Å². The average Bonchev–Trinajstić information content (AvgIpc) is 2.53. The lowest BCUT2D eigenvalue weighted by atomic mass is 9.99. The summed E-state index contributed by atoms with van der Waals surface area (Å²) in [5.74, 6) is 0.918. The fourth-order valence-electron chi connectivity index (χ4n) is 3.00. The molecule has 1 N–H and O–H groups in total. The number of likely N-dealkylation sites (tertiary alicyclic amines) is 1. The molecule has 1 aromatic heterocycles. The highest BCUT2D eigenvalue weighted by Crippen LogP contribution is 2.16. The number of rotatable bonds is 5. The zero-order valence-electron chi connectivity index (χ0n) is 12.9. The molecule has 2 heterocycles. The van der Waals surface area contributed by atoms with Gasteiger partial charge < -0.3 is 10.2 Å². The third-order valence-corrected chi connectivity index (χ3v) is 4.52. The highest BCUT2D eigenvalue weighted by Gasteiger charge is 2.14. The molecule has 3 heteroatoms. The molecular formula is C18H25N3. The summed E-state index contributed by atoms with van der Waals surface area (Å²) < 4.78 is 0. The molecule has 0 aliphatic carbocycles. The summed E-state index contributed by atoms with van der Waals surface area (Å²) in [4.78, 5) is 6.74. The van der Waals surface area contributed by atoms with Gasteiger partial charge in [-0.3, -0.25) is 4.98 Å². The molecule has 112 valence electrons. The van der Waals surface area contributed by atoms with Crippen LogP contribution in [0.5, 0.6) is 0 Å². The quantitative estimate of drug-likeness (QED) is 0.855. The van der Waals surface area contributed by atoms with Crippen LogP contribution in [0.2, 0.25) is 0 Å². The number of piperidine rings is 1. The molecule has 1 aromatic carbocycles. The largest absolute Gasteiger partial charge is 0.311 e. The van der Waals surface area contributed by atoms with Gasteiger partial charge in [-0.1, -0.05) is 19.1 Å². The van der Waals surface area contributed by atoms with Gasteiger partial charge in [0.25, 0.3) is 0 Å². The first kappa shape index (κ1) is 14.5. The molecule has 0 amide bonds. The van der Waals surface area contributed by atoms with Crippen molar-refractivity contribution in [2.45, 2.75) is 26.3 Å². The molecule has 1 saturated heterocycles. The van der Waals surface area contributed by atoms with Gasteiger partial charge in [-0.05, 0) is 54.9 Å². The van der Waals surface area contributed by atoms with E-state index in [1.807, 2.05) is 12.4 Å². The molecule has 0 radical (unpaired) electrons. The van der Waals surface area contributed by atoms with E-state index in [0.29, 0.717) is 0 Å². The Labute approximate surface area is 127 Å². The Morgan fingerprint density at radius 3 is 2.90 bits per heavy atom. The predicted molar refractivity (Wildman–Crippen MR) is 88.3 cm³/mol. The molecule has 1 fully saturated rings. The first-order chi connectivity index (χ1) is 10.3. The molecule has 0 saturated carbocycles. The van der Waals surface area contributed by atoms with E-state index in [4.69, 9.17) is 0 Å². The maximum atomic E-state index is 4.15. The van der Waals surface area contributed by atoms with Gasteiger partial charge in [0.15, 0.2) is 0 Å². The number of hydrogen-bond acceptors (Lipinski definition) is 3. The topological polar surface area (TPSA) is 28.2 Å². The zero-order valence-corrected chi connectivity index (χ0v) is 12.9. The van der Waals surface area contributed by atoms with Gasteiger partial charge in [0, 0.05) is 37.4 Å². The predicted octanol–water partition coefficient (Wildman–Crippen LogP) is 3.06. The van der Waals surface area contributed by atoms with Crippen molar-refractivity contribution in [2.24, 2.45) is 5.92 Å². The van der Waals surface area contributed by atoms with Crippen LogP contribution in [0.4, 0.5) is 0 Å². The third-order valence-electron chi connectivity index (χ3n) is 4.52. The number of hydrogen-bond donors (Lipinski definition) is 1. The smallest absolute Gasteiger partial charge is 0.0346 e. The van der Waals surface area contributed by atoms with Crippen molar-refractivity contribution in [3.8, 4) is 0 Å². The van der Waals surface area contributed by atoms with Gasteiger partial charge in [-0.2, -0.15) is 0 Å². The molecule has 1 aliphatic heterocycles. The van der Waals surface area contributed by atoms with Crippen LogP contribution in [0.15, 0.2) is 36.7 Å². The van der Waals surface area contributed by atoms with Crippen LogP contribution in [0.1, 0.15) is 25.3 Å². The van der Waals surface area contributed by atoms with Crippen LogP contribution in [-0.2, 0) is 6.54 Å². The number of benzene rings is 1. The second-order valence-corrected chi connectivity index (χ2v) is 6.26. The minimum Gasteiger partial charge on any atom is -0.311 e. The van der Waals surface area contributed by atoms with Crippen molar-refractivity contribution >= 4 is 10.8 Å². The maximum absolute atomic E-state index is 4.15. The van der Waals surface area contributed by atoms with Crippen LogP contribution in [0, 0.1) is 5.92 Å². The molecule has 21 heavy (non-hydrogen) atoms.